The van der Waals surface area contributed by atoms with E-state index in [4.69, 9.17) is 11.6 Å². The van der Waals surface area contributed by atoms with Crippen LogP contribution in [0.3, 0.4) is 0 Å². The van der Waals surface area contributed by atoms with E-state index in [0.717, 1.165) is 33.0 Å². The fraction of sp³-hybridized carbons (Fsp3) is 0.182. The lowest BCUT2D eigenvalue weighted by molar-refractivity contribution is 0.627. The third kappa shape index (κ3) is 4.86. The zero-order valence-corrected chi connectivity index (χ0v) is 18.9. The van der Waals surface area contributed by atoms with E-state index >= 15 is 0 Å². The minimum Gasteiger partial charge on any atom is -0.369 e. The summed E-state index contributed by atoms with van der Waals surface area (Å²) < 4.78 is 15.4. The van der Waals surface area contributed by atoms with Crippen LogP contribution in [0, 0.1) is 12.7 Å². The molecule has 0 fully saturated rings. The van der Waals surface area contributed by atoms with Gasteiger partial charge in [0.1, 0.15) is 5.82 Å². The predicted octanol–water partition coefficient (Wildman–Crippen LogP) is 6.36. The Kier molecular flexibility index (Phi) is 6.41. The van der Waals surface area contributed by atoms with Gasteiger partial charge in [-0.3, -0.25) is 4.57 Å². The van der Waals surface area contributed by atoms with Crippen LogP contribution < -0.4 is 4.90 Å². The van der Waals surface area contributed by atoms with E-state index in [1.807, 2.05) is 50.6 Å². The number of rotatable bonds is 7. The van der Waals surface area contributed by atoms with E-state index < -0.39 is 0 Å². The highest BCUT2D eigenvalue weighted by atomic mass is 35.5. The summed E-state index contributed by atoms with van der Waals surface area (Å²) in [5.74, 6) is 0.568. The molecule has 154 valence electrons. The van der Waals surface area contributed by atoms with Gasteiger partial charge in [-0.25, -0.2) is 14.4 Å². The van der Waals surface area contributed by atoms with Crippen LogP contribution in [0.2, 0.25) is 5.02 Å². The van der Waals surface area contributed by atoms with Crippen molar-refractivity contribution in [3.63, 3.8) is 0 Å². The Labute approximate surface area is 188 Å². The highest BCUT2D eigenvalue weighted by Gasteiger charge is 2.15. The summed E-state index contributed by atoms with van der Waals surface area (Å²) in [6.45, 7) is 2.64. The maximum absolute atomic E-state index is 13.3. The third-order valence-corrected chi connectivity index (χ3v) is 6.92. The quantitative estimate of drug-likeness (QED) is 0.302. The number of aryl methyl sites for hydroxylation is 1. The Morgan fingerprint density at radius 1 is 1.07 bits per heavy atom. The molecule has 8 heteroatoms. The van der Waals surface area contributed by atoms with Crippen molar-refractivity contribution in [2.75, 3.05) is 11.9 Å². The molecule has 4 rings (SSSR count). The molecule has 0 aliphatic carbocycles. The lowest BCUT2D eigenvalue weighted by Gasteiger charge is -2.21. The van der Waals surface area contributed by atoms with Crippen LogP contribution in [0.1, 0.15) is 15.6 Å². The molecule has 0 unspecified atom stereocenters. The van der Waals surface area contributed by atoms with Crippen LogP contribution >= 0.6 is 34.7 Å². The molecule has 30 heavy (non-hydrogen) atoms. The normalized spacial score (nSPS) is 11.1. The van der Waals surface area contributed by atoms with Crippen LogP contribution in [-0.2, 0) is 12.3 Å². The highest BCUT2D eigenvalue weighted by molar-refractivity contribution is 7.98. The fourth-order valence-electron chi connectivity index (χ4n) is 3.09. The summed E-state index contributed by atoms with van der Waals surface area (Å²) in [7, 11) is 1.99. The van der Waals surface area contributed by atoms with Gasteiger partial charge in [-0.15, -0.1) is 11.3 Å². The van der Waals surface area contributed by atoms with Gasteiger partial charge in [-0.1, -0.05) is 23.4 Å². The van der Waals surface area contributed by atoms with Crippen molar-refractivity contribution in [3.05, 3.63) is 87.3 Å². The highest BCUT2D eigenvalue weighted by Crippen LogP contribution is 2.29. The van der Waals surface area contributed by atoms with E-state index in [-0.39, 0.29) is 5.82 Å². The second kappa shape index (κ2) is 9.20. The number of nitrogens with zero attached hydrogens (tertiary/aromatic N) is 4. The molecule has 0 amide bonds. The summed E-state index contributed by atoms with van der Waals surface area (Å²) >= 11 is 9.48. The van der Waals surface area contributed by atoms with Crippen molar-refractivity contribution in [1.82, 2.24) is 14.5 Å². The summed E-state index contributed by atoms with van der Waals surface area (Å²) in [5.41, 5.74) is 2.98. The monoisotopic (exact) mass is 458 g/mol. The molecule has 0 spiro atoms. The standard InChI is InChI=1S/C22H20ClFN4S2/c1-15-25-12-21(30-15)14-29-22-26-11-20(28(22)19-7-3-16(23)4-8-19)13-27(2)18-9-5-17(24)6-10-18/h3-12H,13-14H2,1-2H3. The summed E-state index contributed by atoms with van der Waals surface area (Å²) in [4.78, 5) is 12.3. The Bertz CT molecular complexity index is 1120. The first kappa shape index (κ1) is 20.9. The van der Waals surface area contributed by atoms with Crippen molar-refractivity contribution >= 4 is 40.4 Å². The number of hydrogen-bond acceptors (Lipinski definition) is 5. The van der Waals surface area contributed by atoms with E-state index in [1.165, 1.54) is 17.0 Å². The number of imidazole rings is 1. The molecular formula is C22H20ClFN4S2. The van der Waals surface area contributed by atoms with E-state index in [1.54, 1.807) is 35.2 Å². The minimum absolute atomic E-state index is 0.240. The van der Waals surface area contributed by atoms with Gasteiger partial charge in [0.25, 0.3) is 0 Å². The van der Waals surface area contributed by atoms with E-state index in [2.05, 4.69) is 19.4 Å². The fourth-order valence-corrected chi connectivity index (χ4v) is 5.04. The van der Waals surface area contributed by atoms with Gasteiger partial charge in [0.05, 0.1) is 23.4 Å². The van der Waals surface area contributed by atoms with Crippen molar-refractivity contribution in [2.45, 2.75) is 24.4 Å². The summed E-state index contributed by atoms with van der Waals surface area (Å²) in [6.07, 6.45) is 3.82. The maximum atomic E-state index is 13.3. The number of thioether (sulfide) groups is 1. The van der Waals surface area contributed by atoms with Crippen LogP contribution in [0.4, 0.5) is 10.1 Å². The summed E-state index contributed by atoms with van der Waals surface area (Å²) in [6, 6.07) is 14.2. The molecule has 2 heterocycles. The molecular weight excluding hydrogens is 439 g/mol. The molecule has 0 N–H and O–H groups in total. The second-order valence-corrected chi connectivity index (χ2v) is 9.51. The average Bonchev–Trinajstić information content (AvgIpc) is 3.33. The Balaban J connectivity index is 1.62. The first-order chi connectivity index (χ1) is 14.5. The molecule has 0 aliphatic rings. The largest absolute Gasteiger partial charge is 0.369 e. The molecule has 0 aliphatic heterocycles. The maximum Gasteiger partial charge on any atom is 0.173 e. The van der Waals surface area contributed by atoms with Crippen molar-refractivity contribution in [1.29, 1.82) is 0 Å². The molecule has 4 nitrogen and oxygen atoms in total. The molecule has 0 saturated carbocycles. The van der Waals surface area contributed by atoms with Crippen molar-refractivity contribution < 1.29 is 4.39 Å². The topological polar surface area (TPSA) is 34.0 Å². The predicted molar refractivity (Wildman–Crippen MR) is 123 cm³/mol. The zero-order chi connectivity index (χ0) is 21.1. The molecule has 0 atom stereocenters. The van der Waals surface area contributed by atoms with Crippen LogP contribution in [-0.4, -0.2) is 21.6 Å². The molecule has 4 aromatic rings. The van der Waals surface area contributed by atoms with Gasteiger partial charge in [0.2, 0.25) is 0 Å². The van der Waals surface area contributed by atoms with Crippen LogP contribution in [0.25, 0.3) is 5.69 Å². The minimum atomic E-state index is -0.240. The number of halogens is 2. The van der Waals surface area contributed by atoms with Gasteiger partial charge in [0.15, 0.2) is 5.16 Å². The van der Waals surface area contributed by atoms with Gasteiger partial charge < -0.3 is 4.90 Å². The van der Waals surface area contributed by atoms with Crippen LogP contribution in [0.5, 0.6) is 0 Å². The van der Waals surface area contributed by atoms with Gasteiger partial charge in [-0.2, -0.15) is 0 Å². The lowest BCUT2D eigenvalue weighted by atomic mass is 10.2. The number of benzene rings is 2. The lowest BCUT2D eigenvalue weighted by Crippen LogP contribution is -2.18. The number of thiazole rings is 1. The first-order valence-corrected chi connectivity index (χ1v) is 11.5. The van der Waals surface area contributed by atoms with Gasteiger partial charge in [-0.05, 0) is 55.5 Å². The zero-order valence-electron chi connectivity index (χ0n) is 16.5. The van der Waals surface area contributed by atoms with E-state index in [9.17, 15) is 4.39 Å². The molecule has 0 radical (unpaired) electrons. The van der Waals surface area contributed by atoms with Crippen molar-refractivity contribution in [3.8, 4) is 5.69 Å². The average molecular weight is 459 g/mol. The Hall–Kier alpha value is -2.35. The molecule has 2 aromatic heterocycles. The van der Waals surface area contributed by atoms with Crippen molar-refractivity contribution in [2.24, 2.45) is 0 Å². The molecule has 0 bridgehead atoms. The number of anilines is 1. The summed E-state index contributed by atoms with van der Waals surface area (Å²) in [5, 5.41) is 2.66. The number of hydrogen-bond donors (Lipinski definition) is 0. The van der Waals surface area contributed by atoms with Crippen LogP contribution in [0.15, 0.2) is 66.1 Å². The Morgan fingerprint density at radius 2 is 1.80 bits per heavy atom. The SMILES string of the molecule is Cc1ncc(CSc2ncc(CN(C)c3ccc(F)cc3)n2-c2ccc(Cl)cc2)s1. The molecule has 2 aromatic carbocycles. The van der Waals surface area contributed by atoms with E-state index in [0.29, 0.717) is 11.6 Å². The van der Waals surface area contributed by atoms with Gasteiger partial charge in [0, 0.05) is 40.3 Å². The smallest absolute Gasteiger partial charge is 0.173 e. The first-order valence-electron chi connectivity index (χ1n) is 9.33. The molecule has 0 saturated heterocycles. The Morgan fingerprint density at radius 3 is 2.47 bits per heavy atom. The second-order valence-electron chi connectivity index (χ2n) is 6.81. The van der Waals surface area contributed by atoms with Gasteiger partial charge >= 0.3 is 0 Å². The third-order valence-electron chi connectivity index (χ3n) is 4.57. The number of aromatic nitrogens is 3.